The zero-order valence-corrected chi connectivity index (χ0v) is 11.3. The Kier molecular flexibility index (Phi) is 3.33. The van der Waals surface area contributed by atoms with Crippen LogP contribution in [0.25, 0.3) is 11.2 Å². The molecule has 0 bridgehead atoms. The van der Waals surface area contributed by atoms with Crippen LogP contribution in [0.4, 0.5) is 0 Å². The number of nitrogens with zero attached hydrogens (tertiary/aromatic N) is 2. The highest BCUT2D eigenvalue weighted by atomic mass is 32.8. The zero-order valence-electron chi connectivity index (χ0n) is 8.82. The number of H-pyrrole nitrogens is 2. The third kappa shape index (κ3) is 2.22. The number of hydrogen-bond donors (Lipinski definition) is 4. The number of aromatic nitrogens is 4. The van der Waals surface area contributed by atoms with E-state index >= 15 is 0 Å². The first kappa shape index (κ1) is 13.3. The molecule has 0 spiro atoms. The van der Waals surface area contributed by atoms with Gasteiger partial charge in [-0.25, -0.2) is 14.0 Å². The zero-order chi connectivity index (χ0) is 13.5. The molecular formula is C7H9N5O3S3. The Morgan fingerprint density at radius 3 is 2.83 bits per heavy atom. The fourth-order valence-corrected chi connectivity index (χ4v) is 3.00. The molecule has 98 valence electrons. The van der Waals surface area contributed by atoms with Gasteiger partial charge in [0.1, 0.15) is 21.2 Å². The van der Waals surface area contributed by atoms with Crippen molar-refractivity contribution in [3.63, 3.8) is 0 Å². The molecule has 5 N–H and O–H groups in total. The number of imidazole rings is 1. The summed E-state index contributed by atoms with van der Waals surface area (Å²) in [6.45, 7) is -0.169. The van der Waals surface area contributed by atoms with Crippen LogP contribution in [-0.4, -0.2) is 34.8 Å². The summed E-state index contributed by atoms with van der Waals surface area (Å²) in [5, 5.41) is -1.06. The number of rotatable bonds is 3. The van der Waals surface area contributed by atoms with E-state index in [0.29, 0.717) is 5.52 Å². The van der Waals surface area contributed by atoms with Crippen molar-refractivity contribution < 1.29 is 8.76 Å². The van der Waals surface area contributed by atoms with E-state index in [9.17, 15) is 13.6 Å². The van der Waals surface area contributed by atoms with Gasteiger partial charge in [-0.15, -0.1) is 0 Å². The average molecular weight is 307 g/mol. The van der Waals surface area contributed by atoms with Crippen molar-refractivity contribution in [2.45, 2.75) is 5.37 Å². The molecule has 8 nitrogen and oxygen atoms in total. The predicted octanol–water partition coefficient (Wildman–Crippen LogP) is -0.541. The van der Waals surface area contributed by atoms with Crippen LogP contribution < -0.4 is 11.4 Å². The Morgan fingerprint density at radius 1 is 1.61 bits per heavy atom. The average Bonchev–Trinajstić information content (AvgIpc) is 2.61. The molecule has 0 aromatic carbocycles. The van der Waals surface area contributed by atoms with Crippen molar-refractivity contribution >= 4 is 43.3 Å². The standard InChI is InChI=1S/C7H9N5O3S3/c8-1-3(18(14,15)17)12-2-9-4-5(12)10-7(13)11-6(4)16/h2-3H,1,8H2,(H,14,15,17)(H2,10,11,13,16). The van der Waals surface area contributed by atoms with Crippen molar-refractivity contribution in [1.82, 2.24) is 19.5 Å². The highest BCUT2D eigenvalue weighted by Gasteiger charge is 2.22. The lowest BCUT2D eigenvalue weighted by Crippen LogP contribution is -2.26. The minimum Gasteiger partial charge on any atom is -0.328 e. The van der Waals surface area contributed by atoms with E-state index in [1.54, 1.807) is 0 Å². The maximum Gasteiger partial charge on any atom is 0.325 e. The fraction of sp³-hybridized carbons (Fsp3) is 0.286. The third-order valence-corrected chi connectivity index (χ3v) is 4.39. The molecule has 0 aliphatic rings. The van der Waals surface area contributed by atoms with E-state index in [-0.39, 0.29) is 16.8 Å². The van der Waals surface area contributed by atoms with E-state index in [0.717, 1.165) is 0 Å². The number of nitrogens with two attached hydrogens (primary N) is 1. The Morgan fingerprint density at radius 2 is 2.28 bits per heavy atom. The van der Waals surface area contributed by atoms with Gasteiger partial charge in [-0.3, -0.25) is 14.5 Å². The second-order valence-electron chi connectivity index (χ2n) is 3.46. The molecular weight excluding hydrogens is 298 g/mol. The lowest BCUT2D eigenvalue weighted by atomic mass is 10.5. The van der Waals surface area contributed by atoms with Gasteiger partial charge < -0.3 is 10.3 Å². The van der Waals surface area contributed by atoms with Gasteiger partial charge in [-0.2, -0.15) is 0 Å². The highest BCUT2D eigenvalue weighted by Crippen LogP contribution is 2.18. The second-order valence-corrected chi connectivity index (χ2v) is 6.88. The van der Waals surface area contributed by atoms with Crippen LogP contribution in [0.5, 0.6) is 0 Å². The molecule has 2 atom stereocenters. The van der Waals surface area contributed by atoms with Gasteiger partial charge in [-0.05, 0) is 0 Å². The van der Waals surface area contributed by atoms with Crippen molar-refractivity contribution in [2.75, 3.05) is 6.54 Å². The molecule has 0 radical (unpaired) electrons. The quantitative estimate of drug-likeness (QED) is 0.560. The largest absolute Gasteiger partial charge is 0.328 e. The summed E-state index contributed by atoms with van der Waals surface area (Å²) < 4.78 is 22.4. The van der Waals surface area contributed by atoms with Crippen LogP contribution in [0, 0.1) is 4.64 Å². The maximum atomic E-state index is 11.5. The van der Waals surface area contributed by atoms with Crippen LogP contribution in [0.15, 0.2) is 11.1 Å². The molecule has 0 aliphatic carbocycles. The molecule has 18 heavy (non-hydrogen) atoms. The fourth-order valence-electron chi connectivity index (χ4n) is 1.55. The van der Waals surface area contributed by atoms with E-state index in [1.165, 1.54) is 10.9 Å². The predicted molar refractivity (Wildman–Crippen MR) is 71.8 cm³/mol. The van der Waals surface area contributed by atoms with E-state index in [2.05, 4.69) is 26.1 Å². The summed E-state index contributed by atoms with van der Waals surface area (Å²) in [6, 6.07) is 0. The summed E-state index contributed by atoms with van der Waals surface area (Å²) >= 11 is 9.44. The molecule has 2 aromatic rings. The molecule has 0 saturated carbocycles. The SMILES string of the molecule is NCC(n1cnc2c(=S)[nH]c(=O)[nH]c21)S(=O)(O)=S. The van der Waals surface area contributed by atoms with E-state index < -0.39 is 19.8 Å². The minimum absolute atomic E-state index is 0.136. The van der Waals surface area contributed by atoms with Gasteiger partial charge in [-0.1, -0.05) is 12.2 Å². The topological polar surface area (TPSA) is 130 Å². The van der Waals surface area contributed by atoms with Gasteiger partial charge in [0.05, 0.1) is 6.33 Å². The summed E-state index contributed by atoms with van der Waals surface area (Å²) in [7, 11) is -3.59. The molecule has 0 saturated heterocycles. The minimum atomic E-state index is -3.59. The summed E-state index contributed by atoms with van der Waals surface area (Å²) in [5.74, 6) is 0. The lowest BCUT2D eigenvalue weighted by molar-refractivity contribution is 0.519. The number of aromatic amines is 2. The first-order valence-corrected chi connectivity index (χ1v) is 7.61. The Labute approximate surface area is 111 Å². The van der Waals surface area contributed by atoms with Crippen molar-refractivity contribution in [3.05, 3.63) is 21.5 Å². The Hall–Kier alpha value is -1.14. The molecule has 11 heteroatoms. The van der Waals surface area contributed by atoms with Gasteiger partial charge in [0.25, 0.3) is 0 Å². The summed E-state index contributed by atoms with van der Waals surface area (Å²) in [5.41, 5.74) is 5.42. The number of fused-ring (bicyclic) bond motifs is 1. The van der Waals surface area contributed by atoms with Crippen LogP contribution in [0.2, 0.25) is 0 Å². The van der Waals surface area contributed by atoms with Crippen molar-refractivity contribution in [3.8, 4) is 0 Å². The summed E-state index contributed by atoms with van der Waals surface area (Å²) in [4.78, 5) is 20.1. The highest BCUT2D eigenvalue weighted by molar-refractivity contribution is 8.29. The van der Waals surface area contributed by atoms with Crippen LogP contribution in [0.3, 0.4) is 0 Å². The Balaban J connectivity index is 2.81. The molecule has 2 aromatic heterocycles. The van der Waals surface area contributed by atoms with E-state index in [4.69, 9.17) is 18.0 Å². The van der Waals surface area contributed by atoms with Crippen LogP contribution in [-0.2, 0) is 20.0 Å². The molecule has 0 aliphatic heterocycles. The lowest BCUT2D eigenvalue weighted by Gasteiger charge is -2.15. The smallest absolute Gasteiger partial charge is 0.325 e. The molecule has 0 fully saturated rings. The van der Waals surface area contributed by atoms with Crippen LogP contribution >= 0.6 is 12.2 Å². The third-order valence-electron chi connectivity index (χ3n) is 2.32. The van der Waals surface area contributed by atoms with Crippen molar-refractivity contribution in [1.29, 1.82) is 0 Å². The first-order chi connectivity index (χ1) is 8.34. The van der Waals surface area contributed by atoms with Gasteiger partial charge in [0, 0.05) is 17.7 Å². The van der Waals surface area contributed by atoms with Crippen LogP contribution in [0.1, 0.15) is 5.37 Å². The number of nitrogens with one attached hydrogen (secondary N) is 2. The summed E-state index contributed by atoms with van der Waals surface area (Å²) in [6.07, 6.45) is 1.27. The molecule has 2 rings (SSSR count). The van der Waals surface area contributed by atoms with Gasteiger partial charge in [0.2, 0.25) is 0 Å². The monoisotopic (exact) mass is 307 g/mol. The van der Waals surface area contributed by atoms with Gasteiger partial charge >= 0.3 is 5.69 Å². The number of hydrogen-bond acceptors (Lipinski definition) is 6. The normalized spacial score (nSPS) is 16.6. The Bertz CT molecular complexity index is 802. The molecule has 2 heterocycles. The second kappa shape index (κ2) is 4.51. The maximum absolute atomic E-state index is 11.5. The van der Waals surface area contributed by atoms with Gasteiger partial charge in [0.15, 0.2) is 8.77 Å². The molecule has 2 unspecified atom stereocenters. The first-order valence-electron chi connectivity index (χ1n) is 4.70. The van der Waals surface area contributed by atoms with E-state index in [1.807, 2.05) is 0 Å². The van der Waals surface area contributed by atoms with Crippen molar-refractivity contribution in [2.24, 2.45) is 5.73 Å². The molecule has 0 amide bonds.